The van der Waals surface area contributed by atoms with Gasteiger partial charge >= 0.3 is 0 Å². The minimum Gasteiger partial charge on any atom is -0.497 e. The van der Waals surface area contributed by atoms with Gasteiger partial charge in [-0.25, -0.2) is 0 Å². The maximum atomic E-state index is 12.8. The number of nitrogens with one attached hydrogen (secondary N) is 1. The molecule has 32 heavy (non-hydrogen) atoms. The Hall–Kier alpha value is -2.12. The Morgan fingerprint density at radius 1 is 1.09 bits per heavy atom. The zero-order chi connectivity index (χ0) is 22.5. The van der Waals surface area contributed by atoms with E-state index in [1.807, 2.05) is 25.1 Å². The third kappa shape index (κ3) is 5.62. The Balaban J connectivity index is 1.33. The Morgan fingerprint density at radius 2 is 1.78 bits per heavy atom. The van der Waals surface area contributed by atoms with Gasteiger partial charge < -0.3 is 19.7 Å². The molecule has 4 rings (SSSR count). The van der Waals surface area contributed by atoms with Gasteiger partial charge in [0.05, 0.1) is 7.11 Å². The van der Waals surface area contributed by atoms with Crippen LogP contribution >= 0.6 is 0 Å². The molecule has 0 atom stereocenters. The van der Waals surface area contributed by atoms with E-state index in [-0.39, 0.29) is 5.91 Å². The van der Waals surface area contributed by atoms with Crippen molar-refractivity contribution in [1.82, 2.24) is 15.1 Å². The molecule has 2 aliphatic heterocycles. The van der Waals surface area contributed by atoms with Crippen LogP contribution in [-0.4, -0.2) is 80.2 Å². The number of likely N-dealkylation sites (tertiary alicyclic amines) is 1. The van der Waals surface area contributed by atoms with Crippen molar-refractivity contribution in [2.75, 3.05) is 46.5 Å². The van der Waals surface area contributed by atoms with Gasteiger partial charge in [-0.05, 0) is 69.2 Å². The largest absolute Gasteiger partial charge is 0.497 e. The number of ether oxygens (including phenoxy) is 2. The number of piperidine rings is 1. The highest BCUT2D eigenvalue weighted by Crippen LogP contribution is 2.32. The van der Waals surface area contributed by atoms with Gasteiger partial charge in [-0.3, -0.25) is 14.5 Å². The van der Waals surface area contributed by atoms with Crippen LogP contribution in [0, 0.1) is 12.8 Å². The van der Waals surface area contributed by atoms with E-state index >= 15 is 0 Å². The smallest absolute Gasteiger partial charge is 0.251 e. The van der Waals surface area contributed by atoms with Crippen molar-refractivity contribution >= 4 is 11.8 Å². The highest BCUT2D eigenvalue weighted by atomic mass is 16.5. The molecule has 0 spiro atoms. The monoisotopic (exact) mass is 443 g/mol. The minimum atomic E-state index is -0.0399. The van der Waals surface area contributed by atoms with E-state index in [0.717, 1.165) is 82.7 Å². The lowest BCUT2D eigenvalue weighted by Gasteiger charge is -2.43. The van der Waals surface area contributed by atoms with Crippen LogP contribution in [0.3, 0.4) is 0 Å². The second kappa shape index (κ2) is 10.7. The van der Waals surface area contributed by atoms with Crippen molar-refractivity contribution in [2.24, 2.45) is 5.92 Å². The fourth-order valence-electron chi connectivity index (χ4n) is 5.10. The number of benzene rings is 1. The van der Waals surface area contributed by atoms with Crippen molar-refractivity contribution in [3.63, 3.8) is 0 Å². The van der Waals surface area contributed by atoms with Crippen LogP contribution in [0.25, 0.3) is 0 Å². The summed E-state index contributed by atoms with van der Waals surface area (Å²) in [4.78, 5) is 29.8. The molecule has 7 heteroatoms. The maximum Gasteiger partial charge on any atom is 0.251 e. The maximum absolute atomic E-state index is 12.8. The Labute approximate surface area is 191 Å². The fraction of sp³-hybridized carbons (Fsp3) is 0.680. The van der Waals surface area contributed by atoms with Crippen molar-refractivity contribution < 1.29 is 19.1 Å². The van der Waals surface area contributed by atoms with E-state index < -0.39 is 0 Å². The predicted molar refractivity (Wildman–Crippen MR) is 123 cm³/mol. The van der Waals surface area contributed by atoms with Gasteiger partial charge in [0.15, 0.2) is 0 Å². The third-order valence-electron chi connectivity index (χ3n) is 7.17. The summed E-state index contributed by atoms with van der Waals surface area (Å²) in [5.41, 5.74) is 1.60. The number of hydrogen-bond acceptors (Lipinski definition) is 5. The lowest BCUT2D eigenvalue weighted by Crippen LogP contribution is -2.53. The molecule has 1 aliphatic carbocycles. The number of rotatable bonds is 8. The van der Waals surface area contributed by atoms with Crippen molar-refractivity contribution in [2.45, 2.75) is 57.5 Å². The zero-order valence-electron chi connectivity index (χ0n) is 19.5. The molecule has 2 saturated heterocycles. The fourth-order valence-corrected chi connectivity index (χ4v) is 5.10. The lowest BCUT2D eigenvalue weighted by atomic mass is 9.97. The van der Waals surface area contributed by atoms with E-state index in [9.17, 15) is 9.59 Å². The van der Waals surface area contributed by atoms with Gasteiger partial charge in [-0.2, -0.15) is 0 Å². The summed E-state index contributed by atoms with van der Waals surface area (Å²) < 4.78 is 10.8. The molecule has 0 radical (unpaired) electrons. The summed E-state index contributed by atoms with van der Waals surface area (Å²) in [6.07, 6.45) is 6.24. The molecule has 2 amide bonds. The van der Waals surface area contributed by atoms with Crippen LogP contribution in [0.2, 0.25) is 0 Å². The van der Waals surface area contributed by atoms with Crippen LogP contribution in [0.4, 0.5) is 0 Å². The highest BCUT2D eigenvalue weighted by molar-refractivity contribution is 5.95. The summed E-state index contributed by atoms with van der Waals surface area (Å²) in [6, 6.07) is 6.49. The molecule has 3 aliphatic rings. The quantitative estimate of drug-likeness (QED) is 0.669. The van der Waals surface area contributed by atoms with E-state index in [2.05, 4.69) is 15.1 Å². The first kappa shape index (κ1) is 23.1. The van der Waals surface area contributed by atoms with Gasteiger partial charge in [-0.15, -0.1) is 0 Å². The second-order valence-corrected chi connectivity index (χ2v) is 9.35. The van der Waals surface area contributed by atoms with Gasteiger partial charge in [0, 0.05) is 63.0 Å². The molecule has 7 nitrogen and oxygen atoms in total. The number of carbonyl (C=O) groups is 2. The summed E-state index contributed by atoms with van der Waals surface area (Å²) in [7, 11) is 1.63. The van der Waals surface area contributed by atoms with E-state index in [1.165, 1.54) is 0 Å². The normalized spacial score (nSPS) is 20.4. The van der Waals surface area contributed by atoms with Gasteiger partial charge in [0.25, 0.3) is 5.91 Å². The van der Waals surface area contributed by atoms with Gasteiger partial charge in [-0.1, -0.05) is 0 Å². The molecular formula is C25H37N3O4. The lowest BCUT2D eigenvalue weighted by molar-refractivity contribution is -0.134. The first-order valence-electron chi connectivity index (χ1n) is 12.1. The summed E-state index contributed by atoms with van der Waals surface area (Å²) >= 11 is 0. The first-order valence-corrected chi connectivity index (χ1v) is 12.1. The Morgan fingerprint density at radius 3 is 2.41 bits per heavy atom. The summed E-state index contributed by atoms with van der Waals surface area (Å²) in [5, 5.41) is 3.12. The summed E-state index contributed by atoms with van der Waals surface area (Å²) in [5.74, 6) is 1.39. The number of aryl methyl sites for hydroxylation is 1. The molecule has 2 heterocycles. The number of carbonyl (C=O) groups excluding carboxylic acids is 2. The molecular weight excluding hydrogens is 406 g/mol. The molecule has 1 saturated carbocycles. The summed E-state index contributed by atoms with van der Waals surface area (Å²) in [6.45, 7) is 6.70. The molecule has 1 N–H and O–H groups in total. The molecule has 176 valence electrons. The average Bonchev–Trinajstić information content (AvgIpc) is 3.67. The van der Waals surface area contributed by atoms with Crippen LogP contribution < -0.4 is 10.1 Å². The van der Waals surface area contributed by atoms with Gasteiger partial charge in [0.1, 0.15) is 5.75 Å². The van der Waals surface area contributed by atoms with Crippen LogP contribution in [0.1, 0.15) is 54.4 Å². The molecule has 1 aromatic rings. The van der Waals surface area contributed by atoms with Crippen LogP contribution in [0.15, 0.2) is 18.2 Å². The van der Waals surface area contributed by atoms with Crippen LogP contribution in [0.5, 0.6) is 5.75 Å². The molecule has 3 fully saturated rings. The molecule has 1 aromatic carbocycles. The number of hydrogen-bond donors (Lipinski definition) is 1. The van der Waals surface area contributed by atoms with Gasteiger partial charge in [0.2, 0.25) is 5.91 Å². The zero-order valence-corrected chi connectivity index (χ0v) is 19.5. The van der Waals surface area contributed by atoms with Crippen molar-refractivity contribution in [3.8, 4) is 5.75 Å². The molecule has 0 unspecified atom stereocenters. The third-order valence-corrected chi connectivity index (χ3v) is 7.17. The second-order valence-electron chi connectivity index (χ2n) is 9.35. The number of methoxy groups -OCH3 is 1. The molecule has 0 aromatic heterocycles. The average molecular weight is 444 g/mol. The molecule has 0 bridgehead atoms. The predicted octanol–water partition coefficient (Wildman–Crippen LogP) is 2.62. The van der Waals surface area contributed by atoms with E-state index in [0.29, 0.717) is 36.0 Å². The van der Waals surface area contributed by atoms with Crippen LogP contribution in [-0.2, 0) is 9.53 Å². The standard InChI is InChI=1S/C25H37N3O4/c1-18-17-22(31-2)5-6-23(18)24(29)26-11-14-28(21-9-15-32-16-10-21)20-7-12-27(13-8-20)25(30)19-3-4-19/h5-6,17,19-21H,3-4,7-16H2,1-2H3,(H,26,29). The van der Waals surface area contributed by atoms with Crippen molar-refractivity contribution in [3.05, 3.63) is 29.3 Å². The van der Waals surface area contributed by atoms with E-state index in [1.54, 1.807) is 7.11 Å². The topological polar surface area (TPSA) is 71.1 Å². The SMILES string of the molecule is COc1ccc(C(=O)NCCN(C2CCOCC2)C2CCN(C(=O)C3CC3)CC2)c(C)c1. The first-order chi connectivity index (χ1) is 15.6. The van der Waals surface area contributed by atoms with E-state index in [4.69, 9.17) is 9.47 Å². The Bertz CT molecular complexity index is 796. The van der Waals surface area contributed by atoms with Crippen molar-refractivity contribution in [1.29, 1.82) is 0 Å². The Kier molecular flexibility index (Phi) is 7.68. The number of amides is 2. The number of nitrogens with zero attached hydrogens (tertiary/aromatic N) is 2. The highest BCUT2D eigenvalue weighted by Gasteiger charge is 2.37. The minimum absolute atomic E-state index is 0.0399.